The summed E-state index contributed by atoms with van der Waals surface area (Å²) in [4.78, 5) is -0.140. The molecule has 1 aliphatic heterocycles. The molecule has 1 fully saturated rings. The number of halogens is 3. The van der Waals surface area contributed by atoms with Crippen LogP contribution in [0.3, 0.4) is 0 Å². The standard InChI is InChI=1S/C30H38F3N2OS/c1-3-5-7-9-19-36-28-25(32)24(31)27-29(26(28)33)37-35-30(34-27)23-17-15-22(16-18-23)21-13-11-20(12-14-21)10-8-6-4-2/h15-18,20-21H,3-14,19H2,1-2H3. The molecule has 0 amide bonds. The molecule has 1 saturated carbocycles. The van der Waals surface area contributed by atoms with Crippen molar-refractivity contribution in [1.29, 1.82) is 0 Å². The van der Waals surface area contributed by atoms with Crippen LogP contribution in [0.5, 0.6) is 5.75 Å². The van der Waals surface area contributed by atoms with Crippen molar-refractivity contribution in [1.82, 2.24) is 5.32 Å². The van der Waals surface area contributed by atoms with Crippen molar-refractivity contribution in [2.24, 2.45) is 10.3 Å². The minimum Gasteiger partial charge on any atom is -0.488 e. The lowest BCUT2D eigenvalue weighted by molar-refractivity contribution is 0.267. The first kappa shape index (κ1) is 27.9. The second-order valence-electron chi connectivity index (χ2n) is 10.3. The molecular formula is C30H38F3N2OS. The van der Waals surface area contributed by atoms with Crippen molar-refractivity contribution in [2.45, 2.75) is 102 Å². The number of unbranched alkanes of at least 4 members (excludes halogenated alkanes) is 5. The number of ether oxygens (including phenoxy) is 1. The molecule has 3 nitrogen and oxygen atoms in total. The van der Waals surface area contributed by atoms with Crippen molar-refractivity contribution in [3.63, 3.8) is 0 Å². The molecule has 7 heteroatoms. The smallest absolute Gasteiger partial charge is 0.206 e. The summed E-state index contributed by atoms with van der Waals surface area (Å²) >= 11 is 0.776. The fourth-order valence-electron chi connectivity index (χ4n) is 5.32. The van der Waals surface area contributed by atoms with Gasteiger partial charge in [0.1, 0.15) is 5.69 Å². The third-order valence-corrected chi connectivity index (χ3v) is 8.42. The van der Waals surface area contributed by atoms with Crippen LogP contribution in [0.2, 0.25) is 0 Å². The van der Waals surface area contributed by atoms with Gasteiger partial charge in [0, 0.05) is 17.5 Å². The number of hydrogen-bond donors (Lipinski definition) is 0. The second-order valence-corrected chi connectivity index (χ2v) is 11.1. The molecule has 0 aromatic heterocycles. The summed E-state index contributed by atoms with van der Waals surface area (Å²) in [6.45, 7) is 4.46. The van der Waals surface area contributed by atoms with Crippen LogP contribution in [0.4, 0.5) is 18.9 Å². The Labute approximate surface area is 223 Å². The van der Waals surface area contributed by atoms with Crippen LogP contribution < -0.4 is 10.1 Å². The van der Waals surface area contributed by atoms with Crippen molar-refractivity contribution < 1.29 is 17.9 Å². The highest BCUT2D eigenvalue weighted by atomic mass is 32.2. The molecule has 0 saturated heterocycles. The Balaban J connectivity index is 1.39. The molecule has 0 unspecified atom stereocenters. The zero-order chi connectivity index (χ0) is 26.2. The van der Waals surface area contributed by atoms with Gasteiger partial charge in [-0.05, 0) is 49.5 Å². The van der Waals surface area contributed by atoms with E-state index in [1.54, 1.807) is 0 Å². The second kappa shape index (κ2) is 13.6. The van der Waals surface area contributed by atoms with Crippen molar-refractivity contribution in [2.75, 3.05) is 6.61 Å². The Kier molecular flexibility index (Phi) is 10.2. The van der Waals surface area contributed by atoms with Crippen LogP contribution in [0.1, 0.15) is 108 Å². The van der Waals surface area contributed by atoms with Gasteiger partial charge >= 0.3 is 0 Å². The molecule has 2 aromatic carbocycles. The van der Waals surface area contributed by atoms with E-state index in [1.165, 1.54) is 56.9 Å². The molecule has 201 valence electrons. The van der Waals surface area contributed by atoms with E-state index in [0.717, 1.165) is 37.1 Å². The normalized spacial score (nSPS) is 19.2. The highest BCUT2D eigenvalue weighted by Gasteiger charge is 2.31. The summed E-state index contributed by atoms with van der Waals surface area (Å²) in [6.07, 6.45) is 13.9. The van der Waals surface area contributed by atoms with Gasteiger partial charge < -0.3 is 4.74 Å². The lowest BCUT2D eigenvalue weighted by atomic mass is 9.77. The van der Waals surface area contributed by atoms with Crippen molar-refractivity contribution in [3.05, 3.63) is 52.8 Å². The number of rotatable bonds is 12. The van der Waals surface area contributed by atoms with E-state index >= 15 is 0 Å². The first-order valence-electron chi connectivity index (χ1n) is 13.9. The largest absolute Gasteiger partial charge is 0.488 e. The predicted molar refractivity (Wildman–Crippen MR) is 145 cm³/mol. The van der Waals surface area contributed by atoms with Crippen molar-refractivity contribution in [3.8, 4) is 5.75 Å². The van der Waals surface area contributed by atoms with Gasteiger partial charge in [-0.3, -0.25) is 0 Å². The van der Waals surface area contributed by atoms with Gasteiger partial charge in [-0.1, -0.05) is 83.1 Å². The van der Waals surface area contributed by atoms with E-state index in [1.807, 2.05) is 12.1 Å². The molecule has 2 aromatic rings. The summed E-state index contributed by atoms with van der Waals surface area (Å²) in [5.41, 5.74) is 1.64. The monoisotopic (exact) mass is 531 g/mol. The molecule has 0 atom stereocenters. The van der Waals surface area contributed by atoms with Gasteiger partial charge in [0.25, 0.3) is 0 Å². The molecule has 0 spiro atoms. The number of fused-ring (bicyclic) bond motifs is 1. The maximum absolute atomic E-state index is 15.0. The maximum atomic E-state index is 15.0. The number of nitrogens with zero attached hydrogens (tertiary/aromatic N) is 2. The predicted octanol–water partition coefficient (Wildman–Crippen LogP) is 9.62. The van der Waals surface area contributed by atoms with Crippen LogP contribution in [-0.2, 0) is 0 Å². The quantitative estimate of drug-likeness (QED) is 0.155. The third-order valence-electron chi connectivity index (χ3n) is 7.60. The van der Waals surface area contributed by atoms with E-state index in [-0.39, 0.29) is 23.0 Å². The summed E-state index contributed by atoms with van der Waals surface area (Å²) < 4.78 is 54.2. The van der Waals surface area contributed by atoms with Crippen LogP contribution in [0.25, 0.3) is 0 Å². The van der Waals surface area contributed by atoms with Gasteiger partial charge in [-0.25, -0.2) is 14.1 Å². The Morgan fingerprint density at radius 3 is 2.24 bits per heavy atom. The first-order chi connectivity index (χ1) is 18.0. The summed E-state index contributed by atoms with van der Waals surface area (Å²) in [7, 11) is 0. The Morgan fingerprint density at radius 1 is 0.838 bits per heavy atom. The van der Waals surface area contributed by atoms with Gasteiger partial charge in [-0.2, -0.15) is 8.79 Å². The van der Waals surface area contributed by atoms with Crippen LogP contribution >= 0.6 is 11.9 Å². The first-order valence-corrected chi connectivity index (χ1v) is 14.7. The van der Waals surface area contributed by atoms with Crippen LogP contribution in [0.15, 0.2) is 33.6 Å². The van der Waals surface area contributed by atoms with E-state index in [4.69, 9.17) is 4.74 Å². The van der Waals surface area contributed by atoms with E-state index in [0.29, 0.717) is 17.9 Å². The minimum atomic E-state index is -1.34. The average molecular weight is 532 g/mol. The molecular weight excluding hydrogens is 493 g/mol. The highest BCUT2D eigenvalue weighted by molar-refractivity contribution is 7.98. The molecule has 4 rings (SSSR count). The van der Waals surface area contributed by atoms with E-state index in [2.05, 4.69) is 35.7 Å². The van der Waals surface area contributed by atoms with Gasteiger partial charge in [0.2, 0.25) is 5.82 Å². The SMILES string of the molecule is CCCCCCOc1c(F)c(F)c2c(c1F)SN=C(c1ccc(C3CCC(CCCCC)CC3)cc1)[N]2. The fraction of sp³-hybridized carbons (Fsp3) is 0.567. The average Bonchev–Trinajstić information content (AvgIpc) is 2.93. The topological polar surface area (TPSA) is 35.7 Å². The summed E-state index contributed by atoms with van der Waals surface area (Å²) in [5, 5.41) is 4.20. The highest BCUT2D eigenvalue weighted by Crippen LogP contribution is 2.43. The Morgan fingerprint density at radius 2 is 1.54 bits per heavy atom. The van der Waals surface area contributed by atoms with Gasteiger partial charge in [0.05, 0.1) is 11.5 Å². The van der Waals surface area contributed by atoms with Gasteiger partial charge in [-0.15, -0.1) is 0 Å². The summed E-state index contributed by atoms with van der Waals surface area (Å²) in [6, 6.07) is 8.02. The molecule has 0 N–H and O–H groups in total. The molecule has 2 aliphatic rings. The van der Waals surface area contributed by atoms with E-state index < -0.39 is 23.2 Å². The molecule has 1 aliphatic carbocycles. The maximum Gasteiger partial charge on any atom is 0.206 e. The van der Waals surface area contributed by atoms with Crippen molar-refractivity contribution >= 4 is 23.5 Å². The zero-order valence-electron chi connectivity index (χ0n) is 22.0. The lowest BCUT2D eigenvalue weighted by Crippen LogP contribution is -2.19. The van der Waals surface area contributed by atoms with Gasteiger partial charge in [0.15, 0.2) is 23.2 Å². The Hall–Kier alpha value is -2.15. The Bertz CT molecular complexity index is 1070. The zero-order valence-corrected chi connectivity index (χ0v) is 22.8. The number of benzene rings is 2. The molecule has 1 heterocycles. The summed E-state index contributed by atoms with van der Waals surface area (Å²) in [5.74, 6) is -2.49. The number of amidine groups is 1. The fourth-order valence-corrected chi connectivity index (χ4v) is 6.04. The van der Waals surface area contributed by atoms with E-state index in [9.17, 15) is 13.2 Å². The molecule has 0 bridgehead atoms. The molecule has 1 radical (unpaired) electrons. The minimum absolute atomic E-state index is 0.134. The third kappa shape index (κ3) is 6.84. The lowest BCUT2D eigenvalue weighted by Gasteiger charge is -2.29. The van der Waals surface area contributed by atoms with Crippen LogP contribution in [-0.4, -0.2) is 12.4 Å². The number of hydrogen-bond acceptors (Lipinski definition) is 3. The molecule has 37 heavy (non-hydrogen) atoms. The van der Waals surface area contributed by atoms with Crippen LogP contribution in [0, 0.1) is 23.4 Å².